The number of rotatable bonds is 2. The molecule has 1 fully saturated rings. The molecule has 3 nitrogen and oxygen atoms in total. The lowest BCUT2D eigenvalue weighted by atomic mass is 9.92. The van der Waals surface area contributed by atoms with Gasteiger partial charge in [-0.2, -0.15) is 0 Å². The number of hydrogen-bond acceptors (Lipinski definition) is 3. The van der Waals surface area contributed by atoms with E-state index in [2.05, 4.69) is 36.2 Å². The van der Waals surface area contributed by atoms with E-state index in [9.17, 15) is 0 Å². The van der Waals surface area contributed by atoms with Gasteiger partial charge in [-0.3, -0.25) is 4.98 Å². The largest absolute Gasteiger partial charge is 0.376 e. The van der Waals surface area contributed by atoms with E-state index in [1.807, 2.05) is 13.0 Å². The van der Waals surface area contributed by atoms with E-state index in [1.165, 1.54) is 0 Å². The van der Waals surface area contributed by atoms with E-state index in [1.54, 1.807) is 0 Å². The molecule has 1 aromatic heterocycles. The first-order chi connectivity index (χ1) is 9.15. The van der Waals surface area contributed by atoms with Crippen molar-refractivity contribution in [3.8, 4) is 0 Å². The first-order valence-electron chi connectivity index (χ1n) is 6.89. The summed E-state index contributed by atoms with van der Waals surface area (Å²) in [6.07, 6.45) is 1.24. The number of pyridine rings is 1. The highest BCUT2D eigenvalue weighted by Gasteiger charge is 2.30. The van der Waals surface area contributed by atoms with E-state index in [4.69, 9.17) is 10.5 Å². The van der Waals surface area contributed by atoms with Crippen LogP contribution in [-0.2, 0) is 4.74 Å². The topological polar surface area (TPSA) is 48.1 Å². The summed E-state index contributed by atoms with van der Waals surface area (Å²) in [5, 5.41) is 1.14. The van der Waals surface area contributed by atoms with Gasteiger partial charge in [0.2, 0.25) is 0 Å². The fourth-order valence-electron chi connectivity index (χ4n) is 2.82. The molecular formula is C16H20N2O. The Morgan fingerprint density at radius 1 is 1.32 bits per heavy atom. The SMILES string of the molecule is Cc1ccc2cc(C(N)C3OCCC3C)ccc2n1. The van der Waals surface area contributed by atoms with E-state index < -0.39 is 0 Å². The van der Waals surface area contributed by atoms with E-state index in [0.29, 0.717) is 5.92 Å². The average molecular weight is 256 g/mol. The van der Waals surface area contributed by atoms with E-state index in [-0.39, 0.29) is 12.1 Å². The molecular weight excluding hydrogens is 236 g/mol. The zero-order chi connectivity index (χ0) is 13.4. The number of fused-ring (bicyclic) bond motifs is 1. The standard InChI is InChI=1S/C16H20N2O/c1-10-7-8-19-16(10)15(17)13-5-6-14-12(9-13)4-3-11(2)18-14/h3-6,9-10,15-16H,7-8,17H2,1-2H3. The second kappa shape index (κ2) is 4.91. The summed E-state index contributed by atoms with van der Waals surface area (Å²) in [6.45, 7) is 5.05. The molecule has 3 atom stereocenters. The van der Waals surface area contributed by atoms with Gasteiger partial charge in [0, 0.05) is 17.7 Å². The molecule has 0 amide bonds. The van der Waals surface area contributed by atoms with Gasteiger partial charge in [0.1, 0.15) is 0 Å². The summed E-state index contributed by atoms with van der Waals surface area (Å²) < 4.78 is 5.77. The summed E-state index contributed by atoms with van der Waals surface area (Å²) in [7, 11) is 0. The van der Waals surface area contributed by atoms with Crippen molar-refractivity contribution < 1.29 is 4.74 Å². The minimum atomic E-state index is -0.0526. The molecule has 0 saturated carbocycles. The highest BCUT2D eigenvalue weighted by atomic mass is 16.5. The van der Waals surface area contributed by atoms with Crippen molar-refractivity contribution in [3.63, 3.8) is 0 Å². The van der Waals surface area contributed by atoms with Gasteiger partial charge in [-0.15, -0.1) is 0 Å². The number of hydrogen-bond donors (Lipinski definition) is 1. The number of aryl methyl sites for hydroxylation is 1. The molecule has 0 spiro atoms. The zero-order valence-electron chi connectivity index (χ0n) is 11.5. The van der Waals surface area contributed by atoms with Crippen LogP contribution in [0.15, 0.2) is 30.3 Å². The van der Waals surface area contributed by atoms with Crippen molar-refractivity contribution >= 4 is 10.9 Å². The van der Waals surface area contributed by atoms with Gasteiger partial charge in [-0.1, -0.05) is 19.1 Å². The molecule has 2 heterocycles. The fourth-order valence-corrected chi connectivity index (χ4v) is 2.82. The molecule has 1 aromatic carbocycles. The molecule has 2 aromatic rings. The number of nitrogens with two attached hydrogens (primary N) is 1. The average Bonchev–Trinajstić information content (AvgIpc) is 2.83. The molecule has 0 radical (unpaired) electrons. The Morgan fingerprint density at radius 3 is 2.89 bits per heavy atom. The lowest BCUT2D eigenvalue weighted by molar-refractivity contribution is 0.0725. The predicted molar refractivity (Wildman–Crippen MR) is 76.9 cm³/mol. The minimum Gasteiger partial charge on any atom is -0.376 e. The van der Waals surface area contributed by atoms with Gasteiger partial charge in [-0.25, -0.2) is 0 Å². The van der Waals surface area contributed by atoms with Crippen LogP contribution in [0.4, 0.5) is 0 Å². The molecule has 0 bridgehead atoms. The van der Waals surface area contributed by atoms with Crippen molar-refractivity contribution in [2.75, 3.05) is 6.61 Å². The van der Waals surface area contributed by atoms with Crippen LogP contribution >= 0.6 is 0 Å². The smallest absolute Gasteiger partial charge is 0.0793 e. The Hall–Kier alpha value is -1.45. The van der Waals surface area contributed by atoms with Gasteiger partial charge in [0.25, 0.3) is 0 Å². The van der Waals surface area contributed by atoms with Crippen LogP contribution in [-0.4, -0.2) is 17.7 Å². The van der Waals surface area contributed by atoms with Gasteiger partial charge < -0.3 is 10.5 Å². The van der Waals surface area contributed by atoms with Crippen LogP contribution in [0.1, 0.15) is 30.6 Å². The monoisotopic (exact) mass is 256 g/mol. The Balaban J connectivity index is 1.94. The summed E-state index contributed by atoms with van der Waals surface area (Å²) in [5.74, 6) is 0.529. The third-order valence-corrected chi connectivity index (χ3v) is 4.04. The Labute approximate surface area is 113 Å². The molecule has 3 heteroatoms. The van der Waals surface area contributed by atoms with Gasteiger partial charge in [0.05, 0.1) is 17.7 Å². The van der Waals surface area contributed by atoms with Crippen LogP contribution in [0.25, 0.3) is 10.9 Å². The number of nitrogens with zero attached hydrogens (tertiary/aromatic N) is 1. The van der Waals surface area contributed by atoms with Gasteiger partial charge in [-0.05, 0) is 43.0 Å². The molecule has 1 saturated heterocycles. The molecule has 2 N–H and O–H groups in total. The molecule has 0 aliphatic carbocycles. The summed E-state index contributed by atoms with van der Waals surface area (Å²) in [4.78, 5) is 4.52. The van der Waals surface area contributed by atoms with Crippen molar-refractivity contribution in [1.29, 1.82) is 0 Å². The van der Waals surface area contributed by atoms with Gasteiger partial charge in [0.15, 0.2) is 0 Å². The quantitative estimate of drug-likeness (QED) is 0.898. The zero-order valence-corrected chi connectivity index (χ0v) is 11.5. The predicted octanol–water partition coefficient (Wildman–Crippen LogP) is 2.97. The number of benzene rings is 1. The maximum atomic E-state index is 6.37. The van der Waals surface area contributed by atoms with Crippen molar-refractivity contribution in [3.05, 3.63) is 41.6 Å². The molecule has 1 aliphatic rings. The second-order valence-corrected chi connectivity index (χ2v) is 5.53. The Bertz CT molecular complexity index is 596. The lowest BCUT2D eigenvalue weighted by Gasteiger charge is -2.23. The van der Waals surface area contributed by atoms with E-state index >= 15 is 0 Å². The molecule has 3 unspecified atom stereocenters. The Morgan fingerprint density at radius 2 is 2.16 bits per heavy atom. The highest BCUT2D eigenvalue weighted by Crippen LogP contribution is 2.30. The second-order valence-electron chi connectivity index (χ2n) is 5.53. The summed E-state index contributed by atoms with van der Waals surface area (Å²) >= 11 is 0. The first kappa shape index (κ1) is 12.6. The van der Waals surface area contributed by atoms with Crippen LogP contribution < -0.4 is 5.73 Å². The number of ether oxygens (including phenoxy) is 1. The Kier molecular flexibility index (Phi) is 3.25. The molecule has 100 valence electrons. The molecule has 1 aliphatic heterocycles. The van der Waals surface area contributed by atoms with Crippen molar-refractivity contribution in [1.82, 2.24) is 4.98 Å². The maximum absolute atomic E-state index is 6.37. The normalized spacial score (nSPS) is 24.8. The van der Waals surface area contributed by atoms with Crippen LogP contribution in [0.3, 0.4) is 0 Å². The molecule has 19 heavy (non-hydrogen) atoms. The summed E-state index contributed by atoms with van der Waals surface area (Å²) in [6, 6.07) is 10.4. The third kappa shape index (κ3) is 2.36. The minimum absolute atomic E-state index is 0.0526. The van der Waals surface area contributed by atoms with Crippen molar-refractivity contribution in [2.45, 2.75) is 32.4 Å². The van der Waals surface area contributed by atoms with Crippen LogP contribution in [0.5, 0.6) is 0 Å². The first-order valence-corrected chi connectivity index (χ1v) is 6.89. The maximum Gasteiger partial charge on any atom is 0.0793 e. The number of aromatic nitrogens is 1. The fraction of sp³-hybridized carbons (Fsp3) is 0.438. The van der Waals surface area contributed by atoms with Crippen molar-refractivity contribution in [2.24, 2.45) is 11.7 Å². The van der Waals surface area contributed by atoms with Gasteiger partial charge >= 0.3 is 0 Å². The third-order valence-electron chi connectivity index (χ3n) is 4.04. The van der Waals surface area contributed by atoms with E-state index in [0.717, 1.165) is 35.2 Å². The molecule has 3 rings (SSSR count). The van der Waals surface area contributed by atoms with Crippen LogP contribution in [0, 0.1) is 12.8 Å². The van der Waals surface area contributed by atoms with Crippen LogP contribution in [0.2, 0.25) is 0 Å². The lowest BCUT2D eigenvalue weighted by Crippen LogP contribution is -2.29. The highest BCUT2D eigenvalue weighted by molar-refractivity contribution is 5.79. The summed E-state index contributed by atoms with van der Waals surface area (Å²) in [5.41, 5.74) is 9.57.